The van der Waals surface area contributed by atoms with Crippen LogP contribution >= 0.6 is 0 Å². The highest BCUT2D eigenvalue weighted by Gasteiger charge is 2.23. The number of ether oxygens (including phenoxy) is 1. The van der Waals surface area contributed by atoms with E-state index in [-0.39, 0.29) is 0 Å². The highest BCUT2D eigenvalue weighted by molar-refractivity contribution is 4.78. The summed E-state index contributed by atoms with van der Waals surface area (Å²) in [6.45, 7) is 7.54. The lowest BCUT2D eigenvalue weighted by Gasteiger charge is -2.33. The van der Waals surface area contributed by atoms with Crippen molar-refractivity contribution in [2.24, 2.45) is 0 Å². The van der Waals surface area contributed by atoms with Crippen LogP contribution in [0.25, 0.3) is 0 Å². The molecule has 0 amide bonds. The average molecular weight is 157 g/mol. The summed E-state index contributed by atoms with van der Waals surface area (Å²) < 4.78 is 5.78. The Morgan fingerprint density at radius 2 is 2.18 bits per heavy atom. The van der Waals surface area contributed by atoms with Crippen molar-refractivity contribution in [2.75, 3.05) is 6.54 Å². The fourth-order valence-corrected chi connectivity index (χ4v) is 1.44. The van der Waals surface area contributed by atoms with Crippen molar-refractivity contribution < 1.29 is 4.74 Å². The number of morpholine rings is 1. The predicted octanol–water partition coefficient (Wildman–Crippen LogP) is 1.55. The van der Waals surface area contributed by atoms with Crippen LogP contribution in [0.15, 0.2) is 0 Å². The topological polar surface area (TPSA) is 21.3 Å². The van der Waals surface area contributed by atoms with Crippen LogP contribution < -0.4 is 5.32 Å². The van der Waals surface area contributed by atoms with Gasteiger partial charge in [0.05, 0.1) is 12.2 Å². The third kappa shape index (κ3) is 2.46. The van der Waals surface area contributed by atoms with Crippen molar-refractivity contribution >= 4 is 0 Å². The van der Waals surface area contributed by atoms with E-state index in [0.29, 0.717) is 18.2 Å². The zero-order chi connectivity index (χ0) is 8.27. The van der Waals surface area contributed by atoms with Gasteiger partial charge < -0.3 is 10.1 Å². The van der Waals surface area contributed by atoms with E-state index in [2.05, 4.69) is 26.1 Å². The molecule has 1 aliphatic heterocycles. The summed E-state index contributed by atoms with van der Waals surface area (Å²) >= 11 is 0. The van der Waals surface area contributed by atoms with Gasteiger partial charge in [0, 0.05) is 12.6 Å². The molecule has 1 N–H and O–H groups in total. The van der Waals surface area contributed by atoms with E-state index < -0.39 is 0 Å². The van der Waals surface area contributed by atoms with Gasteiger partial charge in [0.1, 0.15) is 0 Å². The molecular formula is C9H19NO. The first-order valence-electron chi connectivity index (χ1n) is 4.63. The zero-order valence-corrected chi connectivity index (χ0v) is 7.76. The van der Waals surface area contributed by atoms with Gasteiger partial charge in [-0.05, 0) is 20.3 Å². The first-order valence-corrected chi connectivity index (χ1v) is 4.63. The van der Waals surface area contributed by atoms with Gasteiger partial charge >= 0.3 is 0 Å². The molecule has 0 spiro atoms. The molecule has 0 aromatic carbocycles. The third-order valence-corrected chi connectivity index (χ3v) is 2.39. The van der Waals surface area contributed by atoms with E-state index in [1.54, 1.807) is 0 Å². The van der Waals surface area contributed by atoms with Gasteiger partial charge in [-0.25, -0.2) is 0 Å². The van der Waals surface area contributed by atoms with Gasteiger partial charge in [-0.3, -0.25) is 0 Å². The maximum Gasteiger partial charge on any atom is 0.0703 e. The minimum atomic E-state index is 0.375. The van der Waals surface area contributed by atoms with Crippen LogP contribution in [0.1, 0.15) is 33.6 Å². The third-order valence-electron chi connectivity index (χ3n) is 2.39. The van der Waals surface area contributed by atoms with Gasteiger partial charge in [0.25, 0.3) is 0 Å². The summed E-state index contributed by atoms with van der Waals surface area (Å²) in [5.74, 6) is 0. The van der Waals surface area contributed by atoms with Crippen molar-refractivity contribution in [3.8, 4) is 0 Å². The Morgan fingerprint density at radius 3 is 2.73 bits per heavy atom. The first kappa shape index (κ1) is 9.01. The molecule has 3 atom stereocenters. The molecule has 1 fully saturated rings. The molecule has 66 valence electrons. The number of hydrogen-bond donors (Lipinski definition) is 1. The highest BCUT2D eigenvalue weighted by Crippen LogP contribution is 2.12. The Morgan fingerprint density at radius 1 is 1.45 bits per heavy atom. The molecule has 2 heteroatoms. The lowest BCUT2D eigenvalue weighted by molar-refractivity contribution is -0.0524. The molecule has 0 bridgehead atoms. The fourth-order valence-electron chi connectivity index (χ4n) is 1.44. The first-order chi connectivity index (χ1) is 5.24. The Bertz CT molecular complexity index is 116. The molecular weight excluding hydrogens is 138 g/mol. The van der Waals surface area contributed by atoms with Crippen molar-refractivity contribution in [3.05, 3.63) is 0 Å². The van der Waals surface area contributed by atoms with E-state index in [0.717, 1.165) is 6.54 Å². The SMILES string of the molecule is CCCC1CNC(C)C(C)O1. The zero-order valence-electron chi connectivity index (χ0n) is 7.76. The number of nitrogens with one attached hydrogen (secondary N) is 1. The lowest BCUT2D eigenvalue weighted by atomic mass is 10.1. The smallest absolute Gasteiger partial charge is 0.0703 e. The fraction of sp³-hybridized carbons (Fsp3) is 1.00. The second-order valence-corrected chi connectivity index (χ2v) is 3.45. The van der Waals surface area contributed by atoms with Crippen LogP contribution in [0.2, 0.25) is 0 Å². The molecule has 0 aliphatic carbocycles. The van der Waals surface area contributed by atoms with Crippen molar-refractivity contribution in [2.45, 2.75) is 51.9 Å². The van der Waals surface area contributed by atoms with E-state index in [4.69, 9.17) is 4.74 Å². The second kappa shape index (κ2) is 4.07. The molecule has 1 rings (SSSR count). The van der Waals surface area contributed by atoms with Crippen molar-refractivity contribution in [1.29, 1.82) is 0 Å². The van der Waals surface area contributed by atoms with Gasteiger partial charge in [0.2, 0.25) is 0 Å². The molecule has 0 aromatic rings. The van der Waals surface area contributed by atoms with E-state index >= 15 is 0 Å². The van der Waals surface area contributed by atoms with E-state index in [9.17, 15) is 0 Å². The van der Waals surface area contributed by atoms with Gasteiger partial charge in [-0.15, -0.1) is 0 Å². The molecule has 0 aromatic heterocycles. The van der Waals surface area contributed by atoms with Crippen LogP contribution in [-0.4, -0.2) is 24.8 Å². The van der Waals surface area contributed by atoms with Crippen LogP contribution in [0.4, 0.5) is 0 Å². The second-order valence-electron chi connectivity index (χ2n) is 3.45. The van der Waals surface area contributed by atoms with Gasteiger partial charge in [0.15, 0.2) is 0 Å². The monoisotopic (exact) mass is 157 g/mol. The average Bonchev–Trinajstić information content (AvgIpc) is 1.98. The summed E-state index contributed by atoms with van der Waals surface area (Å²) in [6, 6.07) is 0.517. The number of hydrogen-bond acceptors (Lipinski definition) is 2. The maximum absolute atomic E-state index is 5.78. The largest absolute Gasteiger partial charge is 0.372 e. The standard InChI is InChI=1S/C9H19NO/c1-4-5-9-6-10-7(2)8(3)11-9/h7-10H,4-6H2,1-3H3. The Balaban J connectivity index is 2.28. The maximum atomic E-state index is 5.78. The molecule has 1 saturated heterocycles. The summed E-state index contributed by atoms with van der Waals surface area (Å²) in [4.78, 5) is 0. The van der Waals surface area contributed by atoms with E-state index in [1.807, 2.05) is 0 Å². The lowest BCUT2D eigenvalue weighted by Crippen LogP contribution is -2.49. The van der Waals surface area contributed by atoms with Gasteiger partial charge in [-0.1, -0.05) is 13.3 Å². The van der Waals surface area contributed by atoms with Crippen LogP contribution in [0, 0.1) is 0 Å². The Hall–Kier alpha value is -0.0800. The summed E-state index contributed by atoms with van der Waals surface area (Å²) in [5, 5.41) is 3.44. The van der Waals surface area contributed by atoms with Crippen LogP contribution in [-0.2, 0) is 4.74 Å². The Kier molecular flexibility index (Phi) is 3.34. The number of rotatable bonds is 2. The summed E-state index contributed by atoms with van der Waals surface area (Å²) in [5.41, 5.74) is 0. The highest BCUT2D eigenvalue weighted by atomic mass is 16.5. The summed E-state index contributed by atoms with van der Waals surface area (Å²) in [6.07, 6.45) is 3.23. The minimum Gasteiger partial charge on any atom is -0.372 e. The molecule has 1 heterocycles. The van der Waals surface area contributed by atoms with Gasteiger partial charge in [-0.2, -0.15) is 0 Å². The molecule has 1 aliphatic rings. The molecule has 3 unspecified atom stereocenters. The van der Waals surface area contributed by atoms with Crippen LogP contribution in [0.3, 0.4) is 0 Å². The van der Waals surface area contributed by atoms with Crippen molar-refractivity contribution in [3.63, 3.8) is 0 Å². The Labute approximate surface area is 69.3 Å². The summed E-state index contributed by atoms with van der Waals surface area (Å²) in [7, 11) is 0. The van der Waals surface area contributed by atoms with E-state index in [1.165, 1.54) is 12.8 Å². The predicted molar refractivity (Wildman–Crippen MR) is 46.7 cm³/mol. The molecule has 0 saturated carbocycles. The normalized spacial score (nSPS) is 39.0. The molecule has 11 heavy (non-hydrogen) atoms. The van der Waals surface area contributed by atoms with Crippen molar-refractivity contribution in [1.82, 2.24) is 5.32 Å². The minimum absolute atomic E-state index is 0.375. The molecule has 2 nitrogen and oxygen atoms in total. The quantitative estimate of drug-likeness (QED) is 0.656. The van der Waals surface area contributed by atoms with Crippen LogP contribution in [0.5, 0.6) is 0 Å². The molecule has 0 radical (unpaired) electrons.